The lowest BCUT2D eigenvalue weighted by atomic mass is 9.96. The zero-order valence-corrected chi connectivity index (χ0v) is 13.7. The summed E-state index contributed by atoms with van der Waals surface area (Å²) in [5.41, 5.74) is 0.670. The molecular weight excluding hydrogens is 304 g/mol. The Morgan fingerprint density at radius 1 is 1.17 bits per heavy atom. The zero-order valence-electron chi connectivity index (χ0n) is 13.7. The maximum absolute atomic E-state index is 13.0. The Hall–Kier alpha value is -2.37. The molecule has 126 valence electrons. The fraction of sp³-hybridized carbons (Fsp3) is 0.500. The number of carbonyl (C=O) groups excluding carboxylic acids is 1. The highest BCUT2D eigenvalue weighted by Gasteiger charge is 2.28. The highest BCUT2D eigenvalue weighted by Crippen LogP contribution is 2.29. The number of amides is 1. The molecule has 0 N–H and O–H groups in total. The number of carbonyl (C=O) groups is 1. The first kappa shape index (κ1) is 15.2. The Labute approximate surface area is 141 Å². The van der Waals surface area contributed by atoms with Gasteiger partial charge in [-0.2, -0.15) is 5.10 Å². The number of piperidine rings is 1. The second-order valence-electron chi connectivity index (χ2n) is 6.59. The number of aromatic nitrogens is 3. The molecule has 6 nitrogen and oxygen atoms in total. The maximum atomic E-state index is 13.0. The van der Waals surface area contributed by atoms with Gasteiger partial charge in [0.05, 0.1) is 17.7 Å². The van der Waals surface area contributed by atoms with Crippen molar-refractivity contribution in [3.8, 4) is 5.75 Å². The quantitative estimate of drug-likeness (QED) is 0.867. The van der Waals surface area contributed by atoms with Crippen molar-refractivity contribution < 1.29 is 9.53 Å². The number of likely N-dealkylation sites (tertiary alicyclic amines) is 1. The molecule has 1 aliphatic heterocycles. The number of hydrogen-bond acceptors (Lipinski definition) is 4. The van der Waals surface area contributed by atoms with Crippen LogP contribution in [0.3, 0.4) is 0 Å². The van der Waals surface area contributed by atoms with E-state index >= 15 is 0 Å². The molecule has 1 amide bonds. The average Bonchev–Trinajstić information content (AvgIpc) is 3.13. The van der Waals surface area contributed by atoms with E-state index in [2.05, 4.69) is 10.1 Å². The first-order valence-electron chi connectivity index (χ1n) is 8.70. The van der Waals surface area contributed by atoms with Crippen LogP contribution in [0.1, 0.15) is 48.5 Å². The molecule has 2 aliphatic rings. The zero-order chi connectivity index (χ0) is 16.4. The average molecular weight is 326 g/mol. The van der Waals surface area contributed by atoms with E-state index in [1.54, 1.807) is 12.7 Å². The van der Waals surface area contributed by atoms with Crippen LogP contribution in [-0.2, 0) is 0 Å². The lowest BCUT2D eigenvalue weighted by molar-refractivity contribution is 0.0657. The Balaban J connectivity index is 1.50. The molecule has 4 rings (SSSR count). The number of ether oxygens (including phenoxy) is 1. The van der Waals surface area contributed by atoms with E-state index in [1.807, 2.05) is 33.8 Å². The molecule has 0 radical (unpaired) electrons. The van der Waals surface area contributed by atoms with Crippen LogP contribution in [0.2, 0.25) is 0 Å². The highest BCUT2D eigenvalue weighted by atomic mass is 16.5. The monoisotopic (exact) mass is 326 g/mol. The van der Waals surface area contributed by atoms with Gasteiger partial charge < -0.3 is 9.64 Å². The van der Waals surface area contributed by atoms with Crippen LogP contribution in [0.25, 0.3) is 0 Å². The summed E-state index contributed by atoms with van der Waals surface area (Å²) in [6.07, 6.45) is 8.92. The van der Waals surface area contributed by atoms with E-state index in [9.17, 15) is 4.79 Å². The standard InChI is InChI=1S/C18H22N4O2/c23-18(16-8-1-2-9-17(16)24-15-6-3-7-15)21-10-4-5-14(11-21)22-13-19-12-20-22/h1-2,8-9,12-15H,3-7,10-11H2. The lowest BCUT2D eigenvalue weighted by Crippen LogP contribution is -2.41. The van der Waals surface area contributed by atoms with Gasteiger partial charge in [0.1, 0.15) is 18.4 Å². The first-order chi connectivity index (χ1) is 11.8. The van der Waals surface area contributed by atoms with Gasteiger partial charge in [-0.15, -0.1) is 0 Å². The summed E-state index contributed by atoms with van der Waals surface area (Å²) in [7, 11) is 0. The van der Waals surface area contributed by atoms with E-state index in [0.29, 0.717) is 12.1 Å². The summed E-state index contributed by atoms with van der Waals surface area (Å²) in [4.78, 5) is 19.0. The minimum Gasteiger partial charge on any atom is -0.490 e. The maximum Gasteiger partial charge on any atom is 0.257 e. The molecule has 2 heterocycles. The fourth-order valence-electron chi connectivity index (χ4n) is 3.35. The third-order valence-corrected chi connectivity index (χ3v) is 4.96. The van der Waals surface area contributed by atoms with Crippen molar-refractivity contribution in [3.05, 3.63) is 42.5 Å². The number of nitrogens with zero attached hydrogens (tertiary/aromatic N) is 4. The molecule has 1 aromatic heterocycles. The third-order valence-electron chi connectivity index (χ3n) is 4.96. The molecular formula is C18H22N4O2. The summed E-state index contributed by atoms with van der Waals surface area (Å²) in [5.74, 6) is 0.768. The van der Waals surface area contributed by atoms with E-state index in [-0.39, 0.29) is 18.1 Å². The van der Waals surface area contributed by atoms with Crippen LogP contribution in [0.5, 0.6) is 5.75 Å². The summed E-state index contributed by atoms with van der Waals surface area (Å²) in [6, 6.07) is 7.81. The van der Waals surface area contributed by atoms with Crippen molar-refractivity contribution in [2.24, 2.45) is 0 Å². The highest BCUT2D eigenvalue weighted by molar-refractivity contribution is 5.97. The van der Waals surface area contributed by atoms with Crippen molar-refractivity contribution in [3.63, 3.8) is 0 Å². The van der Waals surface area contributed by atoms with Crippen LogP contribution in [0, 0.1) is 0 Å². The molecule has 1 saturated heterocycles. The van der Waals surface area contributed by atoms with Gasteiger partial charge in [0.15, 0.2) is 0 Å². The van der Waals surface area contributed by atoms with Crippen LogP contribution >= 0.6 is 0 Å². The smallest absolute Gasteiger partial charge is 0.257 e. The van der Waals surface area contributed by atoms with Crippen molar-refractivity contribution in [1.29, 1.82) is 0 Å². The van der Waals surface area contributed by atoms with Gasteiger partial charge in [-0.25, -0.2) is 9.67 Å². The Kier molecular flexibility index (Phi) is 4.19. The van der Waals surface area contributed by atoms with Gasteiger partial charge in [-0.3, -0.25) is 4.79 Å². The Morgan fingerprint density at radius 2 is 2.04 bits per heavy atom. The second-order valence-corrected chi connectivity index (χ2v) is 6.59. The summed E-state index contributed by atoms with van der Waals surface area (Å²) in [5, 5.41) is 4.22. The van der Waals surface area contributed by atoms with Crippen molar-refractivity contribution >= 4 is 5.91 Å². The Morgan fingerprint density at radius 3 is 2.79 bits per heavy atom. The summed E-state index contributed by atoms with van der Waals surface area (Å²) < 4.78 is 7.87. The molecule has 2 aromatic rings. The fourth-order valence-corrected chi connectivity index (χ4v) is 3.35. The van der Waals surface area contributed by atoms with Gasteiger partial charge in [0.25, 0.3) is 5.91 Å². The van der Waals surface area contributed by atoms with Gasteiger partial charge in [-0.1, -0.05) is 12.1 Å². The lowest BCUT2D eigenvalue weighted by Gasteiger charge is -2.33. The van der Waals surface area contributed by atoms with Crippen molar-refractivity contribution in [1.82, 2.24) is 19.7 Å². The number of benzene rings is 1. The van der Waals surface area contributed by atoms with Crippen molar-refractivity contribution in [2.75, 3.05) is 13.1 Å². The molecule has 0 spiro atoms. The predicted octanol–water partition coefficient (Wildman–Crippen LogP) is 2.69. The van der Waals surface area contributed by atoms with Gasteiger partial charge in [0.2, 0.25) is 0 Å². The SMILES string of the molecule is O=C(c1ccccc1OC1CCC1)N1CCCC(n2cncn2)C1. The predicted molar refractivity (Wildman–Crippen MR) is 88.9 cm³/mol. The molecule has 1 saturated carbocycles. The van der Waals surface area contributed by atoms with Crippen LogP contribution in [0.4, 0.5) is 0 Å². The van der Waals surface area contributed by atoms with Crippen LogP contribution in [-0.4, -0.2) is 44.8 Å². The molecule has 1 aromatic carbocycles. The first-order valence-corrected chi connectivity index (χ1v) is 8.70. The van der Waals surface area contributed by atoms with Gasteiger partial charge in [0, 0.05) is 13.1 Å². The van der Waals surface area contributed by atoms with Crippen LogP contribution < -0.4 is 4.74 Å². The molecule has 0 bridgehead atoms. The van der Waals surface area contributed by atoms with Crippen molar-refractivity contribution in [2.45, 2.75) is 44.2 Å². The largest absolute Gasteiger partial charge is 0.490 e. The van der Waals surface area contributed by atoms with Gasteiger partial charge >= 0.3 is 0 Å². The number of hydrogen-bond donors (Lipinski definition) is 0. The molecule has 2 fully saturated rings. The molecule has 1 aliphatic carbocycles. The molecule has 24 heavy (non-hydrogen) atoms. The summed E-state index contributed by atoms with van der Waals surface area (Å²) >= 11 is 0. The number of para-hydroxylation sites is 1. The van der Waals surface area contributed by atoms with E-state index in [4.69, 9.17) is 4.74 Å². The van der Waals surface area contributed by atoms with E-state index in [0.717, 1.165) is 38.0 Å². The Bertz CT molecular complexity index is 697. The second kappa shape index (κ2) is 6.63. The molecule has 1 atom stereocenters. The topological polar surface area (TPSA) is 60.2 Å². The van der Waals surface area contributed by atoms with E-state index in [1.165, 1.54) is 6.42 Å². The normalized spacial score (nSPS) is 21.3. The number of rotatable bonds is 4. The summed E-state index contributed by atoms with van der Waals surface area (Å²) in [6.45, 7) is 1.45. The molecule has 1 unspecified atom stereocenters. The van der Waals surface area contributed by atoms with Gasteiger partial charge in [-0.05, 0) is 44.2 Å². The molecule has 6 heteroatoms. The minimum atomic E-state index is 0.0507. The van der Waals surface area contributed by atoms with E-state index < -0.39 is 0 Å². The third kappa shape index (κ3) is 3.00. The van der Waals surface area contributed by atoms with Crippen LogP contribution in [0.15, 0.2) is 36.9 Å². The minimum absolute atomic E-state index is 0.0507.